The molecular weight excluding hydrogens is 247 g/mol. The van der Waals surface area contributed by atoms with E-state index >= 15 is 0 Å². The molecule has 0 radical (unpaired) electrons. The Labute approximate surface area is 125 Å². The standard InChI is InChI=1S/C18H39P/c1-3-5-7-9-11-13-15-18(17-19)16-14-12-10-8-6-4-2/h18H,3-17,19H2,1-2H3. The van der Waals surface area contributed by atoms with Gasteiger partial charge in [0, 0.05) is 0 Å². The lowest BCUT2D eigenvalue weighted by molar-refractivity contribution is 0.437. The van der Waals surface area contributed by atoms with E-state index in [0.29, 0.717) is 0 Å². The Bertz CT molecular complexity index is 140. The van der Waals surface area contributed by atoms with Crippen molar-refractivity contribution in [1.29, 1.82) is 0 Å². The summed E-state index contributed by atoms with van der Waals surface area (Å²) in [6, 6.07) is 0. The van der Waals surface area contributed by atoms with Crippen molar-refractivity contribution in [2.45, 2.75) is 104 Å². The van der Waals surface area contributed by atoms with Gasteiger partial charge in [0.05, 0.1) is 0 Å². The monoisotopic (exact) mass is 286 g/mol. The molecule has 1 unspecified atom stereocenters. The van der Waals surface area contributed by atoms with Crippen molar-refractivity contribution < 1.29 is 0 Å². The first-order chi connectivity index (χ1) is 9.35. The van der Waals surface area contributed by atoms with Gasteiger partial charge in [0.25, 0.3) is 0 Å². The molecule has 0 bridgehead atoms. The smallest absolute Gasteiger partial charge is 0.0353 e. The van der Waals surface area contributed by atoms with E-state index in [1.54, 1.807) is 0 Å². The van der Waals surface area contributed by atoms with Crippen LogP contribution in [0.5, 0.6) is 0 Å². The topological polar surface area (TPSA) is 0 Å². The van der Waals surface area contributed by atoms with E-state index < -0.39 is 0 Å². The van der Waals surface area contributed by atoms with E-state index in [1.807, 2.05) is 0 Å². The fourth-order valence-electron chi connectivity index (χ4n) is 2.81. The second kappa shape index (κ2) is 16.5. The van der Waals surface area contributed by atoms with Gasteiger partial charge < -0.3 is 0 Å². The Morgan fingerprint density at radius 3 is 1.32 bits per heavy atom. The number of rotatable bonds is 15. The Morgan fingerprint density at radius 1 is 0.579 bits per heavy atom. The van der Waals surface area contributed by atoms with Crippen molar-refractivity contribution in [2.24, 2.45) is 5.92 Å². The molecule has 0 fully saturated rings. The van der Waals surface area contributed by atoms with Crippen LogP contribution in [0.3, 0.4) is 0 Å². The Hall–Kier alpha value is 0.430. The molecule has 0 nitrogen and oxygen atoms in total. The first kappa shape index (κ1) is 19.4. The van der Waals surface area contributed by atoms with Crippen molar-refractivity contribution in [3.05, 3.63) is 0 Å². The first-order valence-corrected chi connectivity index (χ1v) is 9.86. The third-order valence-electron chi connectivity index (χ3n) is 4.27. The van der Waals surface area contributed by atoms with Crippen molar-refractivity contribution in [3.63, 3.8) is 0 Å². The fraction of sp³-hybridized carbons (Fsp3) is 1.00. The van der Waals surface area contributed by atoms with Crippen molar-refractivity contribution in [1.82, 2.24) is 0 Å². The van der Waals surface area contributed by atoms with Gasteiger partial charge in [-0.1, -0.05) is 104 Å². The molecule has 0 N–H and O–H groups in total. The van der Waals surface area contributed by atoms with Crippen LogP contribution >= 0.6 is 9.24 Å². The van der Waals surface area contributed by atoms with E-state index in [9.17, 15) is 0 Å². The Morgan fingerprint density at radius 2 is 0.947 bits per heavy atom. The van der Waals surface area contributed by atoms with E-state index in [2.05, 4.69) is 23.1 Å². The molecule has 0 aromatic carbocycles. The maximum atomic E-state index is 2.97. The molecule has 0 aliphatic carbocycles. The van der Waals surface area contributed by atoms with Crippen molar-refractivity contribution in [3.8, 4) is 0 Å². The summed E-state index contributed by atoms with van der Waals surface area (Å²) < 4.78 is 0. The fourth-order valence-corrected chi connectivity index (χ4v) is 3.28. The zero-order valence-corrected chi connectivity index (χ0v) is 14.9. The quantitative estimate of drug-likeness (QED) is 0.225. The average Bonchev–Trinajstić information content (AvgIpc) is 2.44. The number of hydrogen-bond donors (Lipinski definition) is 0. The summed E-state index contributed by atoms with van der Waals surface area (Å²) >= 11 is 0. The van der Waals surface area contributed by atoms with Gasteiger partial charge in [-0.15, -0.1) is 9.24 Å². The molecule has 1 heteroatoms. The molecule has 0 saturated heterocycles. The van der Waals surface area contributed by atoms with Crippen LogP contribution in [0, 0.1) is 5.92 Å². The minimum absolute atomic E-state index is 0.988. The predicted molar refractivity (Wildman–Crippen MR) is 94.1 cm³/mol. The van der Waals surface area contributed by atoms with Gasteiger partial charge in [-0.05, 0) is 12.1 Å². The van der Waals surface area contributed by atoms with Crippen LogP contribution in [0.4, 0.5) is 0 Å². The molecule has 0 amide bonds. The highest BCUT2D eigenvalue weighted by molar-refractivity contribution is 7.16. The molecule has 1 atom stereocenters. The average molecular weight is 286 g/mol. The lowest BCUT2D eigenvalue weighted by atomic mass is 9.95. The summed E-state index contributed by atoms with van der Waals surface area (Å²) in [5, 5.41) is 0. The first-order valence-electron chi connectivity index (χ1n) is 9.05. The second-order valence-electron chi connectivity index (χ2n) is 6.21. The molecule has 0 aromatic heterocycles. The maximum Gasteiger partial charge on any atom is -0.0353 e. The van der Waals surface area contributed by atoms with E-state index in [0.717, 1.165) is 5.92 Å². The van der Waals surface area contributed by atoms with Crippen LogP contribution in [0.15, 0.2) is 0 Å². The molecule has 0 aromatic rings. The van der Waals surface area contributed by atoms with E-state index in [-0.39, 0.29) is 0 Å². The molecule has 0 rings (SSSR count). The highest BCUT2D eigenvalue weighted by atomic mass is 31.0. The van der Waals surface area contributed by atoms with Gasteiger partial charge in [-0.2, -0.15) is 0 Å². The number of unbranched alkanes of at least 4 members (excludes halogenated alkanes) is 10. The van der Waals surface area contributed by atoms with Crippen LogP contribution in [-0.4, -0.2) is 6.16 Å². The third kappa shape index (κ3) is 14.6. The van der Waals surface area contributed by atoms with Crippen molar-refractivity contribution in [2.75, 3.05) is 6.16 Å². The highest BCUT2D eigenvalue weighted by Crippen LogP contribution is 2.20. The summed E-state index contributed by atoms with van der Waals surface area (Å²) in [5.74, 6) is 0.988. The van der Waals surface area contributed by atoms with Crippen LogP contribution in [0.25, 0.3) is 0 Å². The molecule has 116 valence electrons. The van der Waals surface area contributed by atoms with Gasteiger partial charge in [-0.3, -0.25) is 0 Å². The van der Waals surface area contributed by atoms with Crippen molar-refractivity contribution >= 4 is 9.24 Å². The summed E-state index contributed by atoms with van der Waals surface area (Å²) in [4.78, 5) is 0. The van der Waals surface area contributed by atoms with Crippen LogP contribution < -0.4 is 0 Å². The largest absolute Gasteiger partial charge is 0.137 e. The van der Waals surface area contributed by atoms with Gasteiger partial charge >= 0.3 is 0 Å². The highest BCUT2D eigenvalue weighted by Gasteiger charge is 2.05. The van der Waals surface area contributed by atoms with Crippen LogP contribution in [-0.2, 0) is 0 Å². The Balaban J connectivity index is 3.30. The summed E-state index contributed by atoms with van der Waals surface area (Å²) in [5.41, 5.74) is 0. The van der Waals surface area contributed by atoms with Crippen LogP contribution in [0.2, 0.25) is 0 Å². The molecular formula is C18H39P. The zero-order chi connectivity index (χ0) is 14.2. The SMILES string of the molecule is CCCCCCCCC(CP)CCCCCCCC. The maximum absolute atomic E-state index is 2.97. The van der Waals surface area contributed by atoms with E-state index in [4.69, 9.17) is 0 Å². The summed E-state index contributed by atoms with van der Waals surface area (Å²) in [6.07, 6.45) is 21.6. The van der Waals surface area contributed by atoms with Gasteiger partial charge in [-0.25, -0.2) is 0 Å². The van der Waals surface area contributed by atoms with Gasteiger partial charge in [0.2, 0.25) is 0 Å². The third-order valence-corrected chi connectivity index (χ3v) is 4.93. The molecule has 0 aliphatic rings. The minimum atomic E-state index is 0.988. The molecule has 0 spiro atoms. The zero-order valence-electron chi connectivity index (χ0n) is 13.8. The predicted octanol–water partition coefficient (Wildman–Crippen LogP) is 6.98. The lowest BCUT2D eigenvalue weighted by Gasteiger charge is -2.14. The molecule has 19 heavy (non-hydrogen) atoms. The van der Waals surface area contributed by atoms with Gasteiger partial charge in [0.15, 0.2) is 0 Å². The molecule has 0 heterocycles. The summed E-state index contributed by atoms with van der Waals surface area (Å²) in [7, 11) is 2.97. The molecule has 0 saturated carbocycles. The normalized spacial score (nSPS) is 11.4. The minimum Gasteiger partial charge on any atom is -0.137 e. The van der Waals surface area contributed by atoms with Gasteiger partial charge in [0.1, 0.15) is 0 Å². The Kier molecular flexibility index (Phi) is 16.9. The summed E-state index contributed by atoms with van der Waals surface area (Å²) in [6.45, 7) is 4.59. The van der Waals surface area contributed by atoms with Crippen LogP contribution in [0.1, 0.15) is 104 Å². The van der Waals surface area contributed by atoms with E-state index in [1.165, 1.54) is 96.1 Å². The second-order valence-corrected chi connectivity index (χ2v) is 6.69. The molecule has 0 aliphatic heterocycles. The number of hydrogen-bond acceptors (Lipinski definition) is 0. The lowest BCUT2D eigenvalue weighted by Crippen LogP contribution is -2.02.